The van der Waals surface area contributed by atoms with E-state index in [4.69, 9.17) is 0 Å². The highest BCUT2D eigenvalue weighted by Gasteiger charge is 1.93. The van der Waals surface area contributed by atoms with Gasteiger partial charge in [0, 0.05) is 24.5 Å². The molecule has 0 aliphatic rings. The maximum atomic E-state index is 10.4. The zero-order valence-electron chi connectivity index (χ0n) is 11.1. The number of hydrogen-bond donors (Lipinski definition) is 1. The van der Waals surface area contributed by atoms with E-state index in [1.54, 1.807) is 18.5 Å². The number of pyridine rings is 1. The monoisotopic (exact) mass is 224 g/mol. The minimum atomic E-state index is 0.608. The lowest BCUT2D eigenvalue weighted by Gasteiger charge is -2.02. The van der Waals surface area contributed by atoms with Crippen LogP contribution in [0.1, 0.15) is 51.4 Å². The molecule has 0 amide bonds. The van der Waals surface area contributed by atoms with Crippen LogP contribution in [0.15, 0.2) is 18.5 Å². The Balaban J connectivity index is 0. The normalized spacial score (nSPS) is 7.81. The van der Waals surface area contributed by atoms with Crippen molar-refractivity contribution < 1.29 is 4.79 Å². The first-order valence-electron chi connectivity index (χ1n) is 6.01. The average molecular weight is 224 g/mol. The quantitative estimate of drug-likeness (QED) is 0.792. The molecule has 92 valence electrons. The second kappa shape index (κ2) is 13.6. The molecule has 3 heteroatoms. The molecule has 0 aliphatic carbocycles. The average Bonchev–Trinajstić information content (AvgIpc) is 2.41. The van der Waals surface area contributed by atoms with Crippen LogP contribution in [-0.2, 0) is 0 Å². The summed E-state index contributed by atoms with van der Waals surface area (Å²) in [6, 6.07) is 1.79. The molecule has 0 saturated carbocycles. The van der Waals surface area contributed by atoms with Gasteiger partial charge in [0.05, 0.1) is 5.69 Å². The summed E-state index contributed by atoms with van der Waals surface area (Å²) in [7, 11) is 0. The fraction of sp³-hybridized carbons (Fsp3) is 0.538. The van der Waals surface area contributed by atoms with Crippen molar-refractivity contribution in [1.29, 1.82) is 0 Å². The second-order valence-corrected chi connectivity index (χ2v) is 2.55. The van der Waals surface area contributed by atoms with Crippen molar-refractivity contribution in [3.63, 3.8) is 0 Å². The predicted molar refractivity (Wildman–Crippen MR) is 71.1 cm³/mol. The molecule has 0 unspecified atom stereocenters. The summed E-state index contributed by atoms with van der Waals surface area (Å²) in [6.45, 7) is 11.0. The highest BCUT2D eigenvalue weighted by molar-refractivity contribution is 5.75. The molecule has 0 spiro atoms. The Kier molecular flexibility index (Phi) is 14.5. The molecule has 1 rings (SSSR count). The van der Waals surface area contributed by atoms with E-state index in [0.717, 1.165) is 24.9 Å². The number of rotatable bonds is 4. The van der Waals surface area contributed by atoms with E-state index in [1.165, 1.54) is 0 Å². The fourth-order valence-electron chi connectivity index (χ4n) is 0.888. The van der Waals surface area contributed by atoms with Gasteiger partial charge in [-0.2, -0.15) is 0 Å². The minimum absolute atomic E-state index is 0.608. The van der Waals surface area contributed by atoms with Crippen molar-refractivity contribution in [1.82, 2.24) is 4.98 Å². The summed E-state index contributed by atoms with van der Waals surface area (Å²) < 4.78 is 0. The Morgan fingerprint density at radius 1 is 1.25 bits per heavy atom. The van der Waals surface area contributed by atoms with Gasteiger partial charge in [0.25, 0.3) is 0 Å². The lowest BCUT2D eigenvalue weighted by molar-refractivity contribution is 0.112. The molecule has 1 N–H and O–H groups in total. The number of nitrogens with one attached hydrogen (secondary N) is 1. The smallest absolute Gasteiger partial charge is 0.151 e. The SMILES string of the molecule is CC.CC.CCCNc1cncc(C=O)c1. The Labute approximate surface area is 99.3 Å². The molecule has 1 heterocycles. The number of carbonyl (C=O) groups excluding carboxylic acids is 1. The molecule has 0 aromatic carbocycles. The van der Waals surface area contributed by atoms with Crippen LogP contribution >= 0.6 is 0 Å². The van der Waals surface area contributed by atoms with Gasteiger partial charge in [-0.05, 0) is 12.5 Å². The number of hydrogen-bond acceptors (Lipinski definition) is 3. The van der Waals surface area contributed by atoms with Gasteiger partial charge >= 0.3 is 0 Å². The lowest BCUT2D eigenvalue weighted by atomic mass is 10.3. The number of aromatic nitrogens is 1. The molecule has 0 fully saturated rings. The van der Waals surface area contributed by atoms with E-state index >= 15 is 0 Å². The molecule has 0 aliphatic heterocycles. The molecule has 1 aromatic rings. The third-order valence-electron chi connectivity index (χ3n) is 1.47. The fourth-order valence-corrected chi connectivity index (χ4v) is 0.888. The number of anilines is 1. The van der Waals surface area contributed by atoms with Gasteiger partial charge in [-0.15, -0.1) is 0 Å². The largest absolute Gasteiger partial charge is 0.384 e. The number of aldehydes is 1. The van der Waals surface area contributed by atoms with Gasteiger partial charge in [0.2, 0.25) is 0 Å². The molecule has 16 heavy (non-hydrogen) atoms. The van der Waals surface area contributed by atoms with Gasteiger partial charge in [0.1, 0.15) is 0 Å². The van der Waals surface area contributed by atoms with Crippen molar-refractivity contribution in [2.75, 3.05) is 11.9 Å². The van der Waals surface area contributed by atoms with Crippen LogP contribution in [0, 0.1) is 0 Å². The molecule has 1 aromatic heterocycles. The molecule has 0 atom stereocenters. The maximum absolute atomic E-state index is 10.4. The maximum Gasteiger partial charge on any atom is 0.151 e. The third kappa shape index (κ3) is 7.97. The first kappa shape index (κ1) is 17.0. The summed E-state index contributed by atoms with van der Waals surface area (Å²) in [4.78, 5) is 14.3. The topological polar surface area (TPSA) is 42.0 Å². The van der Waals surface area contributed by atoms with Crippen molar-refractivity contribution >= 4 is 12.0 Å². The van der Waals surface area contributed by atoms with Gasteiger partial charge in [-0.1, -0.05) is 34.6 Å². The van der Waals surface area contributed by atoms with E-state index in [-0.39, 0.29) is 0 Å². The summed E-state index contributed by atoms with van der Waals surface area (Å²) in [5.41, 5.74) is 1.51. The van der Waals surface area contributed by atoms with Gasteiger partial charge < -0.3 is 5.32 Å². The van der Waals surface area contributed by atoms with Crippen molar-refractivity contribution in [3.8, 4) is 0 Å². The molecule has 3 nitrogen and oxygen atoms in total. The van der Waals surface area contributed by atoms with Crippen LogP contribution in [0.3, 0.4) is 0 Å². The van der Waals surface area contributed by atoms with E-state index in [1.807, 2.05) is 27.7 Å². The second-order valence-electron chi connectivity index (χ2n) is 2.55. The van der Waals surface area contributed by atoms with Gasteiger partial charge in [-0.25, -0.2) is 0 Å². The lowest BCUT2D eigenvalue weighted by Crippen LogP contribution is -2.00. The van der Waals surface area contributed by atoms with E-state index in [0.29, 0.717) is 5.56 Å². The van der Waals surface area contributed by atoms with Crippen LogP contribution in [0.5, 0.6) is 0 Å². The molecule has 0 bridgehead atoms. The molecular formula is C13H24N2O. The van der Waals surface area contributed by atoms with Crippen LogP contribution in [-0.4, -0.2) is 17.8 Å². The predicted octanol–water partition coefficient (Wildman–Crippen LogP) is 3.77. The van der Waals surface area contributed by atoms with E-state index in [9.17, 15) is 4.79 Å². The van der Waals surface area contributed by atoms with E-state index < -0.39 is 0 Å². The number of carbonyl (C=O) groups is 1. The minimum Gasteiger partial charge on any atom is -0.384 e. The summed E-state index contributed by atoms with van der Waals surface area (Å²) >= 11 is 0. The summed E-state index contributed by atoms with van der Waals surface area (Å²) in [5.74, 6) is 0. The highest BCUT2D eigenvalue weighted by Crippen LogP contribution is 2.05. The van der Waals surface area contributed by atoms with E-state index in [2.05, 4.69) is 17.2 Å². The summed E-state index contributed by atoms with van der Waals surface area (Å²) in [5, 5.41) is 3.15. The molecule has 0 saturated heterocycles. The standard InChI is InChI=1S/C9H12N2O.2C2H6/c1-2-3-11-9-4-8(7-12)5-10-6-9;2*1-2/h4-7,11H,2-3H2,1H3;2*1-2H3. The summed E-state index contributed by atoms with van der Waals surface area (Å²) in [6.07, 6.45) is 5.11. The van der Waals surface area contributed by atoms with Gasteiger partial charge in [-0.3, -0.25) is 9.78 Å². The van der Waals surface area contributed by atoms with Crippen LogP contribution in [0.4, 0.5) is 5.69 Å². The van der Waals surface area contributed by atoms with Crippen LogP contribution < -0.4 is 5.32 Å². The zero-order valence-corrected chi connectivity index (χ0v) is 11.1. The van der Waals surface area contributed by atoms with Crippen LogP contribution in [0.25, 0.3) is 0 Å². The van der Waals surface area contributed by atoms with Crippen LogP contribution in [0.2, 0.25) is 0 Å². The first-order valence-corrected chi connectivity index (χ1v) is 6.01. The van der Waals surface area contributed by atoms with Crippen molar-refractivity contribution in [2.24, 2.45) is 0 Å². The number of nitrogens with zero attached hydrogens (tertiary/aromatic N) is 1. The Morgan fingerprint density at radius 2 is 1.88 bits per heavy atom. The highest BCUT2D eigenvalue weighted by atomic mass is 16.1. The Morgan fingerprint density at radius 3 is 2.38 bits per heavy atom. The Bertz CT molecular complexity index is 262. The molecule has 0 radical (unpaired) electrons. The molecular weight excluding hydrogens is 200 g/mol. The third-order valence-corrected chi connectivity index (χ3v) is 1.47. The van der Waals surface area contributed by atoms with Gasteiger partial charge in [0.15, 0.2) is 6.29 Å². The first-order chi connectivity index (χ1) is 7.86. The Hall–Kier alpha value is -1.38. The van der Waals surface area contributed by atoms with Crippen molar-refractivity contribution in [3.05, 3.63) is 24.0 Å². The zero-order chi connectivity index (χ0) is 12.8. The van der Waals surface area contributed by atoms with Crippen molar-refractivity contribution in [2.45, 2.75) is 41.0 Å².